The van der Waals surface area contributed by atoms with E-state index in [1.807, 2.05) is 0 Å². The highest BCUT2D eigenvalue weighted by Crippen LogP contribution is 2.67. The second-order valence-electron chi connectivity index (χ2n) is 16.7. The predicted octanol–water partition coefficient (Wildman–Crippen LogP) is 8.97. The molecule has 3 saturated carbocycles. The minimum Gasteiger partial charge on any atom is -0.416 e. The number of fused-ring (bicyclic) bond motifs is 5. The van der Waals surface area contributed by atoms with Crippen LogP contribution in [0.3, 0.4) is 0 Å². The summed E-state index contributed by atoms with van der Waals surface area (Å²) in [6.45, 7) is 23.7. The molecule has 0 radical (unpaired) electrons. The van der Waals surface area contributed by atoms with Crippen LogP contribution in [0.5, 0.6) is 0 Å². The van der Waals surface area contributed by atoms with Crippen LogP contribution in [0.1, 0.15) is 107 Å². The molecule has 0 unspecified atom stereocenters. The molecule has 0 saturated heterocycles. The molecule has 10 atom stereocenters. The van der Waals surface area contributed by atoms with Gasteiger partial charge >= 0.3 is 0 Å². The van der Waals surface area contributed by atoms with E-state index >= 15 is 0 Å². The van der Waals surface area contributed by atoms with Crippen molar-refractivity contribution in [3.05, 3.63) is 11.6 Å². The summed E-state index contributed by atoms with van der Waals surface area (Å²) in [5, 5.41) is 0. The molecule has 4 rings (SSSR count). The van der Waals surface area contributed by atoms with Crippen LogP contribution in [-0.4, -0.2) is 74.9 Å². The number of hydrogen-bond acceptors (Lipinski definition) is 7. The third-order valence-corrected chi connectivity index (χ3v) is 19.7. The second kappa shape index (κ2) is 16.1. The van der Waals surface area contributed by atoms with Crippen LogP contribution in [0, 0.1) is 40.4 Å². The number of ether oxygens (including phenoxy) is 6. The van der Waals surface area contributed by atoms with Crippen molar-refractivity contribution >= 4 is 8.32 Å². The Morgan fingerprint density at radius 2 is 1.35 bits per heavy atom. The van der Waals surface area contributed by atoms with E-state index < -0.39 is 8.32 Å². The van der Waals surface area contributed by atoms with Gasteiger partial charge in [-0.1, -0.05) is 74.0 Å². The molecule has 0 aromatic rings. The van der Waals surface area contributed by atoms with Crippen molar-refractivity contribution in [2.24, 2.45) is 40.4 Å². The Hall–Kier alpha value is -0.323. The zero-order valence-corrected chi connectivity index (χ0v) is 32.6. The van der Waals surface area contributed by atoms with Crippen LogP contribution in [0.4, 0.5) is 0 Å². The maximum absolute atomic E-state index is 7.06. The third kappa shape index (κ3) is 7.12. The highest BCUT2D eigenvalue weighted by molar-refractivity contribution is 6.77. The molecule has 0 aromatic heterocycles. The molecular formula is C38H70O7Si. The lowest BCUT2D eigenvalue weighted by molar-refractivity contribution is -0.257. The first-order chi connectivity index (χ1) is 21.8. The number of methoxy groups -OCH3 is 3. The smallest absolute Gasteiger partial charge is 0.200 e. The van der Waals surface area contributed by atoms with E-state index in [1.165, 1.54) is 12.8 Å². The van der Waals surface area contributed by atoms with Gasteiger partial charge < -0.3 is 32.8 Å². The van der Waals surface area contributed by atoms with Crippen LogP contribution in [-0.2, 0) is 32.8 Å². The van der Waals surface area contributed by atoms with Crippen LogP contribution in [0.2, 0.25) is 16.6 Å². The molecule has 46 heavy (non-hydrogen) atoms. The van der Waals surface area contributed by atoms with Gasteiger partial charge in [0.25, 0.3) is 0 Å². The van der Waals surface area contributed by atoms with Gasteiger partial charge in [-0.05, 0) is 96.1 Å². The summed E-state index contributed by atoms with van der Waals surface area (Å²) in [4.78, 5) is 0. The van der Waals surface area contributed by atoms with Gasteiger partial charge in [0.1, 0.15) is 20.4 Å². The lowest BCUT2D eigenvalue weighted by Crippen LogP contribution is -2.64. The first kappa shape index (κ1) is 38.5. The monoisotopic (exact) mass is 666 g/mol. The van der Waals surface area contributed by atoms with E-state index in [-0.39, 0.29) is 42.7 Å². The third-order valence-electron chi connectivity index (χ3n) is 13.6. The first-order valence-corrected chi connectivity index (χ1v) is 20.6. The minimum atomic E-state index is -1.87. The SMILES string of the molecule is COCO[C@@H]1CC[C@@]2(C)[C@H](C1)[C@@H](OCOC)[C@H](OCOC)[C@H]1C3=CC[C@H]([C@H](C)CCO[Si](C(C)C)(C(C)C)C(C)C)[C@@]3(C)CC[C@@H]12. The van der Waals surface area contributed by atoms with E-state index in [1.54, 1.807) is 26.9 Å². The van der Waals surface area contributed by atoms with E-state index in [0.717, 1.165) is 38.7 Å². The Kier molecular flexibility index (Phi) is 13.5. The van der Waals surface area contributed by atoms with Crippen molar-refractivity contribution in [1.82, 2.24) is 0 Å². The molecule has 7 nitrogen and oxygen atoms in total. The van der Waals surface area contributed by atoms with Gasteiger partial charge in [-0.25, -0.2) is 0 Å². The Morgan fingerprint density at radius 1 is 0.761 bits per heavy atom. The minimum absolute atomic E-state index is 0.0858. The van der Waals surface area contributed by atoms with Crippen molar-refractivity contribution in [3.63, 3.8) is 0 Å². The summed E-state index contributed by atoms with van der Waals surface area (Å²) in [5.41, 5.74) is 3.77. The largest absolute Gasteiger partial charge is 0.416 e. The Labute approximate surface area is 283 Å². The average Bonchev–Trinajstić information content (AvgIpc) is 3.36. The number of allylic oxidation sites excluding steroid dienone is 1. The Balaban J connectivity index is 1.59. The molecule has 8 heteroatoms. The van der Waals surface area contributed by atoms with Crippen molar-refractivity contribution in [2.75, 3.05) is 48.3 Å². The van der Waals surface area contributed by atoms with E-state index in [0.29, 0.717) is 53.0 Å². The molecule has 0 spiro atoms. The molecule has 4 aliphatic carbocycles. The molecule has 0 heterocycles. The van der Waals surface area contributed by atoms with E-state index in [2.05, 4.69) is 68.4 Å². The highest BCUT2D eigenvalue weighted by Gasteiger charge is 2.64. The maximum Gasteiger partial charge on any atom is 0.200 e. The molecule has 0 aromatic carbocycles. The molecule has 0 aliphatic heterocycles. The fraction of sp³-hybridized carbons (Fsp3) is 0.947. The average molecular weight is 667 g/mol. The van der Waals surface area contributed by atoms with Gasteiger partial charge in [-0.15, -0.1) is 0 Å². The summed E-state index contributed by atoms with van der Waals surface area (Å²) in [7, 11) is 3.26. The van der Waals surface area contributed by atoms with Gasteiger partial charge in [0.05, 0.1) is 18.3 Å². The van der Waals surface area contributed by atoms with Crippen LogP contribution < -0.4 is 0 Å². The molecule has 0 N–H and O–H groups in total. The van der Waals surface area contributed by atoms with Gasteiger partial charge in [-0.2, -0.15) is 0 Å². The molecule has 4 aliphatic rings. The summed E-state index contributed by atoms with van der Waals surface area (Å²) in [6.07, 6.45) is 10.5. The molecular weight excluding hydrogens is 596 g/mol. The lowest BCUT2D eigenvalue weighted by atomic mass is 9.44. The van der Waals surface area contributed by atoms with Crippen molar-refractivity contribution in [3.8, 4) is 0 Å². The van der Waals surface area contributed by atoms with Gasteiger partial charge in [-0.3, -0.25) is 0 Å². The van der Waals surface area contributed by atoms with E-state index in [4.69, 9.17) is 32.8 Å². The fourth-order valence-corrected chi connectivity index (χ4v) is 17.0. The topological polar surface area (TPSA) is 64.6 Å². The lowest BCUT2D eigenvalue weighted by Gasteiger charge is -2.63. The second-order valence-corrected chi connectivity index (χ2v) is 22.1. The van der Waals surface area contributed by atoms with Crippen molar-refractivity contribution in [2.45, 2.75) is 142 Å². The standard InChI is InChI=1S/C38H70O7Si/c1-25(2)46(26(3)4,27(5)6)45-20-17-28(7)30-13-14-31-34-32(16-19-37(30,31)8)38(9)18-15-29(42-22-39-10)21-33(38)35(43-23-40-11)36(34)44-24-41-12/h14,25-30,32-36H,13,15-24H2,1-12H3/t28-,29-,30-,32+,33-,34+,35-,36-,37-,38-/m1/s1. The summed E-state index contributed by atoms with van der Waals surface area (Å²) < 4.78 is 42.9. The van der Waals surface area contributed by atoms with Crippen LogP contribution in [0.15, 0.2) is 11.6 Å². The van der Waals surface area contributed by atoms with Crippen LogP contribution >= 0.6 is 0 Å². The predicted molar refractivity (Wildman–Crippen MR) is 187 cm³/mol. The highest BCUT2D eigenvalue weighted by atomic mass is 28.4. The molecule has 3 fully saturated rings. The van der Waals surface area contributed by atoms with Crippen LogP contribution in [0.25, 0.3) is 0 Å². The zero-order chi connectivity index (χ0) is 33.9. The quantitative estimate of drug-likeness (QED) is 0.0872. The summed E-state index contributed by atoms with van der Waals surface area (Å²) in [5.74, 6) is 2.37. The van der Waals surface area contributed by atoms with Gasteiger partial charge in [0.2, 0.25) is 0 Å². The molecule has 0 bridgehead atoms. The number of rotatable bonds is 17. The first-order valence-electron chi connectivity index (χ1n) is 18.5. The fourth-order valence-electron chi connectivity index (χ4n) is 11.5. The van der Waals surface area contributed by atoms with Crippen molar-refractivity contribution in [1.29, 1.82) is 0 Å². The van der Waals surface area contributed by atoms with Crippen molar-refractivity contribution < 1.29 is 32.8 Å². The zero-order valence-electron chi connectivity index (χ0n) is 31.6. The normalized spacial score (nSPS) is 36.9. The van der Waals surface area contributed by atoms with Gasteiger partial charge in [0, 0.05) is 33.9 Å². The van der Waals surface area contributed by atoms with Gasteiger partial charge in [0.15, 0.2) is 8.32 Å². The Morgan fingerprint density at radius 3 is 1.93 bits per heavy atom. The molecule has 268 valence electrons. The Bertz CT molecular complexity index is 964. The summed E-state index contributed by atoms with van der Waals surface area (Å²) >= 11 is 0. The number of hydrogen-bond donors (Lipinski definition) is 0. The molecule has 0 amide bonds. The summed E-state index contributed by atoms with van der Waals surface area (Å²) in [6, 6.07) is 0. The van der Waals surface area contributed by atoms with E-state index in [9.17, 15) is 0 Å². The maximum atomic E-state index is 7.06.